The van der Waals surface area contributed by atoms with Crippen LogP contribution in [0.2, 0.25) is 0 Å². The fourth-order valence-electron chi connectivity index (χ4n) is 2.74. The monoisotopic (exact) mass is 357 g/mol. The molecule has 0 radical (unpaired) electrons. The maximum Gasteiger partial charge on any atom is 0.162 e. The van der Waals surface area contributed by atoms with E-state index < -0.39 is 6.10 Å². The van der Waals surface area contributed by atoms with Crippen molar-refractivity contribution < 1.29 is 19.4 Å². The number of Topliss-reactive ketones (excluding diaryl/α,β-unsaturated/α-hetero) is 1. The molecule has 0 aliphatic rings. The fraction of sp³-hybridized carbons (Fsp3) is 0.381. The van der Waals surface area contributed by atoms with Crippen molar-refractivity contribution in [3.8, 4) is 11.5 Å². The molecule has 1 N–H and O–H groups in total. The Morgan fingerprint density at radius 3 is 2.50 bits per heavy atom. The number of aliphatic hydroxyl groups is 1. The Labute approximate surface area is 155 Å². The van der Waals surface area contributed by atoms with Gasteiger partial charge in [-0.1, -0.05) is 25.1 Å². The van der Waals surface area contributed by atoms with Gasteiger partial charge in [-0.3, -0.25) is 9.69 Å². The average Bonchev–Trinajstić information content (AvgIpc) is 2.66. The van der Waals surface area contributed by atoms with E-state index in [1.54, 1.807) is 31.4 Å². The average molecular weight is 357 g/mol. The zero-order valence-electron chi connectivity index (χ0n) is 15.6. The Morgan fingerprint density at radius 1 is 1.15 bits per heavy atom. The number of carbonyl (C=O) groups excluding carboxylic acids is 1. The number of ketones is 1. The van der Waals surface area contributed by atoms with E-state index >= 15 is 0 Å². The quantitative estimate of drug-likeness (QED) is 0.662. The highest BCUT2D eigenvalue weighted by atomic mass is 16.5. The van der Waals surface area contributed by atoms with Crippen LogP contribution in [0.25, 0.3) is 0 Å². The van der Waals surface area contributed by atoms with Crippen LogP contribution in [-0.4, -0.2) is 49.2 Å². The summed E-state index contributed by atoms with van der Waals surface area (Å²) in [5.74, 6) is 1.59. The number of ether oxygens (including phenoxy) is 2. The third kappa shape index (κ3) is 5.86. The molecule has 0 unspecified atom stereocenters. The number of nitrogens with zero attached hydrogens (tertiary/aromatic N) is 1. The minimum atomic E-state index is -0.619. The molecule has 0 amide bonds. The summed E-state index contributed by atoms with van der Waals surface area (Å²) >= 11 is 0. The molecule has 0 bridgehead atoms. The molecular weight excluding hydrogens is 330 g/mol. The van der Waals surface area contributed by atoms with Crippen molar-refractivity contribution in [2.75, 3.05) is 27.3 Å². The summed E-state index contributed by atoms with van der Waals surface area (Å²) in [5, 5.41) is 10.2. The molecular formula is C21H27NO4. The number of para-hydroxylation sites is 1. The largest absolute Gasteiger partial charge is 0.496 e. The van der Waals surface area contributed by atoms with E-state index in [4.69, 9.17) is 9.47 Å². The van der Waals surface area contributed by atoms with E-state index in [-0.39, 0.29) is 12.4 Å². The smallest absolute Gasteiger partial charge is 0.162 e. The highest BCUT2D eigenvalue weighted by molar-refractivity contribution is 5.95. The second-order valence-electron chi connectivity index (χ2n) is 6.27. The number of methoxy groups -OCH3 is 1. The van der Waals surface area contributed by atoms with Crippen molar-refractivity contribution in [1.82, 2.24) is 4.90 Å². The van der Waals surface area contributed by atoms with Crippen LogP contribution in [0.3, 0.4) is 0 Å². The van der Waals surface area contributed by atoms with Gasteiger partial charge in [0, 0.05) is 30.6 Å². The Bertz CT molecular complexity index is 699. The van der Waals surface area contributed by atoms with E-state index in [2.05, 4.69) is 0 Å². The Kier molecular flexibility index (Phi) is 7.63. The molecule has 0 saturated heterocycles. The van der Waals surface area contributed by atoms with Crippen molar-refractivity contribution in [3.05, 3.63) is 59.7 Å². The predicted octanol–water partition coefficient (Wildman–Crippen LogP) is 3.16. The molecule has 5 heteroatoms. The Hall–Kier alpha value is -2.37. The summed E-state index contributed by atoms with van der Waals surface area (Å²) < 4.78 is 11.0. The lowest BCUT2D eigenvalue weighted by atomic mass is 10.1. The molecule has 140 valence electrons. The first-order valence-electron chi connectivity index (χ1n) is 8.78. The van der Waals surface area contributed by atoms with Gasteiger partial charge in [0.2, 0.25) is 0 Å². The van der Waals surface area contributed by atoms with E-state index in [1.165, 1.54) is 0 Å². The molecule has 5 nitrogen and oxygen atoms in total. The molecule has 0 aliphatic carbocycles. The summed E-state index contributed by atoms with van der Waals surface area (Å²) in [5.41, 5.74) is 1.75. The van der Waals surface area contributed by atoms with Gasteiger partial charge in [-0.05, 0) is 37.4 Å². The molecule has 0 aromatic heterocycles. The zero-order valence-corrected chi connectivity index (χ0v) is 15.6. The second-order valence-corrected chi connectivity index (χ2v) is 6.27. The first kappa shape index (κ1) is 19.9. The molecule has 0 spiro atoms. The van der Waals surface area contributed by atoms with Gasteiger partial charge >= 0.3 is 0 Å². The Balaban J connectivity index is 1.80. The molecule has 2 aromatic carbocycles. The molecule has 26 heavy (non-hydrogen) atoms. The normalized spacial score (nSPS) is 12.0. The highest BCUT2D eigenvalue weighted by Gasteiger charge is 2.12. The topological polar surface area (TPSA) is 59.0 Å². The van der Waals surface area contributed by atoms with Crippen LogP contribution in [0.4, 0.5) is 0 Å². The number of rotatable bonds is 10. The lowest BCUT2D eigenvalue weighted by Crippen LogP contribution is -2.32. The van der Waals surface area contributed by atoms with Crippen LogP contribution < -0.4 is 9.47 Å². The van der Waals surface area contributed by atoms with Gasteiger partial charge in [-0.25, -0.2) is 0 Å². The summed E-state index contributed by atoms with van der Waals surface area (Å²) in [4.78, 5) is 13.6. The van der Waals surface area contributed by atoms with Crippen LogP contribution >= 0.6 is 0 Å². The molecule has 0 heterocycles. The molecule has 2 aromatic rings. The van der Waals surface area contributed by atoms with Gasteiger partial charge in [0.05, 0.1) is 7.11 Å². The number of hydrogen-bond donors (Lipinski definition) is 1. The lowest BCUT2D eigenvalue weighted by molar-refractivity contribution is 0.0741. The maximum atomic E-state index is 11.6. The molecule has 2 rings (SSSR count). The SMILES string of the molecule is CCC(=O)c1ccc(OC[C@@H](O)CN(C)Cc2ccccc2OC)cc1. The van der Waals surface area contributed by atoms with Crippen LogP contribution in [0.15, 0.2) is 48.5 Å². The number of benzene rings is 2. The van der Waals surface area contributed by atoms with Crippen molar-refractivity contribution in [1.29, 1.82) is 0 Å². The highest BCUT2D eigenvalue weighted by Crippen LogP contribution is 2.19. The van der Waals surface area contributed by atoms with Gasteiger partial charge in [0.1, 0.15) is 24.2 Å². The number of hydrogen-bond acceptors (Lipinski definition) is 5. The van der Waals surface area contributed by atoms with Crippen LogP contribution in [0.5, 0.6) is 11.5 Å². The van der Waals surface area contributed by atoms with Crippen molar-refractivity contribution in [2.24, 2.45) is 0 Å². The third-order valence-electron chi connectivity index (χ3n) is 4.09. The van der Waals surface area contributed by atoms with Crippen molar-refractivity contribution >= 4 is 5.78 Å². The maximum absolute atomic E-state index is 11.6. The van der Waals surface area contributed by atoms with Crippen molar-refractivity contribution in [3.63, 3.8) is 0 Å². The van der Waals surface area contributed by atoms with Crippen LogP contribution in [-0.2, 0) is 6.54 Å². The summed E-state index contributed by atoms with van der Waals surface area (Å²) in [7, 11) is 3.60. The standard InChI is InChI=1S/C21H27NO4/c1-4-20(24)16-9-11-19(12-10-16)26-15-18(23)14-22(2)13-17-7-5-6-8-21(17)25-3/h5-12,18,23H,4,13-15H2,1-3H3/t18-/m0/s1. The van der Waals surface area contributed by atoms with Gasteiger partial charge in [-0.2, -0.15) is 0 Å². The summed E-state index contributed by atoms with van der Waals surface area (Å²) in [6.07, 6.45) is -0.135. The number of aliphatic hydroxyl groups excluding tert-OH is 1. The first-order valence-corrected chi connectivity index (χ1v) is 8.78. The minimum absolute atomic E-state index is 0.106. The minimum Gasteiger partial charge on any atom is -0.496 e. The van der Waals surface area contributed by atoms with Crippen LogP contribution in [0, 0.1) is 0 Å². The molecule has 0 aliphatic heterocycles. The van der Waals surface area contributed by atoms with Gasteiger partial charge in [0.25, 0.3) is 0 Å². The van der Waals surface area contributed by atoms with Gasteiger partial charge < -0.3 is 14.6 Å². The first-order chi connectivity index (χ1) is 12.5. The summed E-state index contributed by atoms with van der Waals surface area (Å²) in [6.45, 7) is 3.18. The number of likely N-dealkylation sites (N-methyl/N-ethyl adjacent to an activating group) is 1. The Morgan fingerprint density at radius 2 is 1.85 bits per heavy atom. The van der Waals surface area contributed by atoms with Crippen LogP contribution in [0.1, 0.15) is 29.3 Å². The van der Waals surface area contributed by atoms with E-state index in [0.717, 1.165) is 11.3 Å². The third-order valence-corrected chi connectivity index (χ3v) is 4.09. The predicted molar refractivity (Wildman–Crippen MR) is 102 cm³/mol. The summed E-state index contributed by atoms with van der Waals surface area (Å²) in [6, 6.07) is 14.9. The second kappa shape index (κ2) is 9.94. The van der Waals surface area contributed by atoms with E-state index in [0.29, 0.717) is 30.8 Å². The van der Waals surface area contributed by atoms with E-state index in [9.17, 15) is 9.90 Å². The molecule has 0 fully saturated rings. The van der Waals surface area contributed by atoms with E-state index in [1.807, 2.05) is 43.1 Å². The molecule has 0 saturated carbocycles. The fourth-order valence-corrected chi connectivity index (χ4v) is 2.74. The van der Waals surface area contributed by atoms with Crippen molar-refractivity contribution in [2.45, 2.75) is 26.0 Å². The lowest BCUT2D eigenvalue weighted by Gasteiger charge is -2.21. The van der Waals surface area contributed by atoms with Gasteiger partial charge in [-0.15, -0.1) is 0 Å². The number of carbonyl (C=O) groups is 1. The molecule has 1 atom stereocenters. The zero-order chi connectivity index (χ0) is 18.9. The van der Waals surface area contributed by atoms with Gasteiger partial charge in [0.15, 0.2) is 5.78 Å².